The number of rotatable bonds is 13. The fraction of sp³-hybridized carbons (Fsp3) is 0.0667. The standard InChI is InChI=1S/C46H37O3P3.C14H14N2.2ClH.Ru/c1-48-52(47,49-2)44-33-43(51(37-24-11-5-12-25-37)38-26-13-6-14-27-38)46(41-30-18-17-29-40(41)44)45-39-28-16-15-19-34(39)31-32-42(45)50(35-20-7-3-8-21-35)36-22-9-4-10-23-36;15-13(11-7-3-1-4-8-11)14(16)12-9-5-2-6-10-12;;;/h3-33H,1-2H3;1-10,13-16H;2*1H;/q;-2;;;+4/t;13-,14-;;;/m.0.../s1. The van der Waals surface area contributed by atoms with Crippen molar-refractivity contribution in [1.29, 1.82) is 0 Å². The molecule has 0 amide bonds. The molecule has 0 aliphatic heterocycles. The van der Waals surface area contributed by atoms with Gasteiger partial charge in [-0.25, -0.2) is 0 Å². The summed E-state index contributed by atoms with van der Waals surface area (Å²) < 4.78 is 26.1. The Morgan fingerprint density at radius 3 is 1.15 bits per heavy atom. The van der Waals surface area contributed by atoms with Gasteiger partial charge in [-0.1, -0.05) is 199 Å². The maximum Gasteiger partial charge on any atom is -0.0606 e. The van der Waals surface area contributed by atoms with Gasteiger partial charge in [-0.2, -0.15) is 0 Å². The van der Waals surface area contributed by atoms with Crippen LogP contribution < -0.4 is 37.1 Å². The van der Waals surface area contributed by atoms with Crippen molar-refractivity contribution in [2.24, 2.45) is 0 Å². The summed E-state index contributed by atoms with van der Waals surface area (Å²) in [6.07, 6.45) is 0. The maximum absolute atomic E-state index is 14.6. The van der Waals surface area contributed by atoms with E-state index in [9.17, 15) is 4.57 Å². The predicted molar refractivity (Wildman–Crippen MR) is 307 cm³/mol. The Balaban J connectivity index is 0.000000298. The van der Waals surface area contributed by atoms with Gasteiger partial charge < -0.3 is 20.5 Å². The van der Waals surface area contributed by atoms with E-state index < -0.39 is 35.5 Å². The number of hydrogen-bond acceptors (Lipinski definition) is 3. The summed E-state index contributed by atoms with van der Waals surface area (Å²) in [4.78, 5) is 0. The van der Waals surface area contributed by atoms with Gasteiger partial charge >= 0.3 is 42.1 Å². The monoisotopic (exact) mass is 1110 g/mol. The van der Waals surface area contributed by atoms with E-state index in [4.69, 9.17) is 39.9 Å². The topological polar surface area (TPSA) is 83.1 Å². The molecule has 2 N–H and O–H groups in total. The second-order valence-corrected chi connectivity index (χ2v) is 26.2. The molecule has 0 bridgehead atoms. The van der Waals surface area contributed by atoms with Crippen LogP contribution in [0.1, 0.15) is 23.2 Å². The van der Waals surface area contributed by atoms with Crippen molar-refractivity contribution in [2.75, 3.05) is 14.2 Å². The molecule has 356 valence electrons. The zero-order valence-electron chi connectivity index (χ0n) is 39.1. The van der Waals surface area contributed by atoms with Crippen LogP contribution in [-0.2, 0) is 28.8 Å². The summed E-state index contributed by atoms with van der Waals surface area (Å²) >= 11 is -0.346. The molecule has 0 spiro atoms. The Kier molecular flexibility index (Phi) is 18.7. The molecule has 0 radical (unpaired) electrons. The molecule has 0 heterocycles. The van der Waals surface area contributed by atoms with Crippen molar-refractivity contribution in [3.63, 3.8) is 0 Å². The maximum atomic E-state index is 14.6. The van der Waals surface area contributed by atoms with E-state index in [0.717, 1.165) is 27.2 Å². The zero-order chi connectivity index (χ0) is 49.6. The van der Waals surface area contributed by atoms with Crippen LogP contribution in [0.3, 0.4) is 0 Å². The van der Waals surface area contributed by atoms with E-state index >= 15 is 0 Å². The molecular formula is C60H53Cl2N2O3P3Ru+2. The quantitative estimate of drug-likeness (QED) is 0.0852. The van der Waals surface area contributed by atoms with E-state index in [-0.39, 0.29) is 15.1 Å². The van der Waals surface area contributed by atoms with Crippen LogP contribution in [0, 0.1) is 0 Å². The summed E-state index contributed by atoms with van der Waals surface area (Å²) in [5, 5.41) is 12.4. The third-order valence-corrected chi connectivity index (χ3v) is 19.9. The molecular weight excluding hydrogens is 1060 g/mol. The van der Waals surface area contributed by atoms with Gasteiger partial charge in [0.05, 0.1) is 21.1 Å². The van der Waals surface area contributed by atoms with Crippen LogP contribution in [0.25, 0.3) is 44.1 Å². The Morgan fingerprint density at radius 1 is 0.423 bits per heavy atom. The average molecular weight is 1110 g/mol. The minimum atomic E-state index is -3.69. The molecule has 0 aliphatic carbocycles. The molecule has 10 rings (SSSR count). The van der Waals surface area contributed by atoms with Gasteiger partial charge in [-0.05, 0) is 82.2 Å². The van der Waals surface area contributed by atoms with Gasteiger partial charge in [0.1, 0.15) is 31.8 Å². The average Bonchev–Trinajstić information content (AvgIpc) is 3.44. The third-order valence-electron chi connectivity index (χ3n) is 12.4. The molecule has 5 nitrogen and oxygen atoms in total. The smallest absolute Gasteiger partial charge is 0.0606 e. The molecule has 10 aromatic rings. The van der Waals surface area contributed by atoms with E-state index in [2.05, 4.69) is 182 Å². The minimum Gasteiger partial charge on any atom is -0.672 e. The molecule has 2 atom stereocenters. The van der Waals surface area contributed by atoms with Crippen molar-refractivity contribution in [2.45, 2.75) is 12.1 Å². The Labute approximate surface area is 435 Å². The van der Waals surface area contributed by atoms with Gasteiger partial charge in [-0.3, -0.25) is 4.57 Å². The van der Waals surface area contributed by atoms with Gasteiger partial charge in [0, 0.05) is 25.3 Å². The van der Waals surface area contributed by atoms with E-state index in [1.165, 1.54) is 62.6 Å². The summed E-state index contributed by atoms with van der Waals surface area (Å²) in [5.74, 6) is 0. The number of benzene rings is 10. The van der Waals surface area contributed by atoms with Crippen LogP contribution in [0.4, 0.5) is 0 Å². The van der Waals surface area contributed by atoms with Gasteiger partial charge in [0.2, 0.25) is 0 Å². The van der Waals surface area contributed by atoms with Gasteiger partial charge in [0.15, 0.2) is 0 Å². The van der Waals surface area contributed by atoms with Crippen LogP contribution in [0.5, 0.6) is 0 Å². The first-order chi connectivity index (χ1) is 34.8. The van der Waals surface area contributed by atoms with Crippen molar-refractivity contribution < 1.29 is 28.8 Å². The Morgan fingerprint density at radius 2 is 0.746 bits per heavy atom. The summed E-state index contributed by atoms with van der Waals surface area (Å²) in [6, 6.07) is 85.4. The van der Waals surface area contributed by atoms with Crippen LogP contribution in [0.2, 0.25) is 0 Å². The molecule has 0 aromatic heterocycles. The van der Waals surface area contributed by atoms with Gasteiger partial charge in [0.25, 0.3) is 0 Å². The molecule has 10 aromatic carbocycles. The molecule has 0 fully saturated rings. The van der Waals surface area contributed by atoms with E-state index in [1.54, 1.807) is 0 Å². The van der Waals surface area contributed by atoms with E-state index in [0.29, 0.717) is 5.30 Å². The predicted octanol–water partition coefficient (Wildman–Crippen LogP) is 14.7. The van der Waals surface area contributed by atoms with Crippen LogP contribution in [-0.4, -0.2) is 14.2 Å². The number of fused-ring (bicyclic) bond motifs is 2. The summed E-state index contributed by atoms with van der Waals surface area (Å²) in [7, 11) is 5.75. The first kappa shape index (κ1) is 52.2. The normalized spacial score (nSPS) is 12.2. The van der Waals surface area contributed by atoms with Crippen molar-refractivity contribution >= 4 is 101 Å². The van der Waals surface area contributed by atoms with Crippen molar-refractivity contribution in [1.82, 2.24) is 0 Å². The van der Waals surface area contributed by atoms with Gasteiger partial charge in [-0.15, -0.1) is 12.1 Å². The molecule has 0 saturated carbocycles. The number of hydrogen-bond donors (Lipinski definition) is 0. The van der Waals surface area contributed by atoms with Crippen molar-refractivity contribution in [3.05, 3.63) is 271 Å². The molecule has 11 heteroatoms. The number of halogens is 2. The van der Waals surface area contributed by atoms with E-state index in [1.807, 2.05) is 66.7 Å². The molecule has 0 aliphatic rings. The second kappa shape index (κ2) is 25.5. The number of nitrogens with one attached hydrogen (secondary N) is 2. The third kappa shape index (κ3) is 12.0. The Hall–Kier alpha value is -5.15. The molecule has 0 unspecified atom stereocenters. The summed E-state index contributed by atoms with van der Waals surface area (Å²) in [5.41, 5.74) is 20.3. The fourth-order valence-electron chi connectivity index (χ4n) is 9.15. The molecule has 71 heavy (non-hydrogen) atoms. The summed E-state index contributed by atoms with van der Waals surface area (Å²) in [6.45, 7) is 0. The fourth-order valence-corrected chi connectivity index (χ4v) is 16.2. The minimum absolute atomic E-state index is 0.346. The largest absolute Gasteiger partial charge is 0.672 e. The molecule has 0 saturated heterocycles. The Bertz CT molecular complexity index is 3180. The van der Waals surface area contributed by atoms with Crippen LogP contribution in [0.15, 0.2) is 249 Å². The van der Waals surface area contributed by atoms with Crippen LogP contribution >= 0.6 is 42.8 Å². The zero-order valence-corrected chi connectivity index (χ0v) is 45.3. The second-order valence-electron chi connectivity index (χ2n) is 16.5. The SMILES string of the molecule is COP(=O)(OC)c1cc([PH+](c2ccccc2)c2ccccc2)c(-c2c([PH+](c3ccccc3)c3ccccc3)ccc3ccccc23)c2ccccc12.[Cl][Ru+2][Cl].[NH-][C@@H](c1ccccc1)[C@@H]([NH-])c1ccccc1. The first-order valence-electron chi connectivity index (χ1n) is 22.9. The first-order valence-corrected chi connectivity index (χ1v) is 32.0. The van der Waals surface area contributed by atoms with Crippen molar-refractivity contribution in [3.8, 4) is 11.1 Å².